The summed E-state index contributed by atoms with van der Waals surface area (Å²) in [6.07, 6.45) is 2.99. The summed E-state index contributed by atoms with van der Waals surface area (Å²) in [5.74, 6) is 0.468. The van der Waals surface area contributed by atoms with Gasteiger partial charge in [0.15, 0.2) is 0 Å². The fraction of sp³-hybridized carbons (Fsp3) is 0.435. The van der Waals surface area contributed by atoms with E-state index in [0.717, 1.165) is 57.7 Å². The van der Waals surface area contributed by atoms with Gasteiger partial charge in [0.2, 0.25) is 0 Å². The molecule has 0 atom stereocenters. The first-order valence-corrected chi connectivity index (χ1v) is 10.8. The van der Waals surface area contributed by atoms with Crippen molar-refractivity contribution in [2.24, 2.45) is 0 Å². The third kappa shape index (κ3) is 5.55. The van der Waals surface area contributed by atoms with Gasteiger partial charge in [-0.2, -0.15) is 0 Å². The molecule has 32 heavy (non-hydrogen) atoms. The Balaban J connectivity index is 0.00000289. The van der Waals surface area contributed by atoms with E-state index < -0.39 is 0 Å². The van der Waals surface area contributed by atoms with Crippen molar-refractivity contribution in [3.8, 4) is 5.75 Å². The summed E-state index contributed by atoms with van der Waals surface area (Å²) in [5.41, 5.74) is 1.39. The van der Waals surface area contributed by atoms with Crippen molar-refractivity contribution in [3.63, 3.8) is 0 Å². The molecule has 2 heterocycles. The number of rotatable bonds is 8. The second-order valence-electron chi connectivity index (χ2n) is 7.84. The zero-order chi connectivity index (χ0) is 21.6. The van der Waals surface area contributed by atoms with Gasteiger partial charge < -0.3 is 9.64 Å². The van der Waals surface area contributed by atoms with Crippen LogP contribution in [0.2, 0.25) is 0 Å². The Morgan fingerprint density at radius 2 is 1.75 bits per heavy atom. The smallest absolute Gasteiger partial charge is 0.277 e. The van der Waals surface area contributed by atoms with Crippen molar-refractivity contribution in [1.29, 1.82) is 0 Å². The van der Waals surface area contributed by atoms with Gasteiger partial charge >= 0.3 is 0 Å². The van der Waals surface area contributed by atoms with Crippen LogP contribution in [0, 0.1) is 5.82 Å². The zero-order valence-electron chi connectivity index (χ0n) is 18.2. The molecule has 1 aliphatic heterocycles. The fourth-order valence-corrected chi connectivity index (χ4v) is 4.07. The highest BCUT2D eigenvalue weighted by atomic mass is 35.5. The predicted octanol–water partition coefficient (Wildman–Crippen LogP) is 3.35. The summed E-state index contributed by atoms with van der Waals surface area (Å²) in [6.45, 7) is 5.19. The molecule has 0 spiro atoms. The summed E-state index contributed by atoms with van der Waals surface area (Å²) >= 11 is 0. The largest absolute Gasteiger partial charge is 0.495 e. The summed E-state index contributed by atoms with van der Waals surface area (Å²) < 4.78 is 20.5. The van der Waals surface area contributed by atoms with Crippen molar-refractivity contribution in [3.05, 3.63) is 58.6 Å². The molecular weight excluding hydrogens is 433 g/mol. The van der Waals surface area contributed by atoms with Crippen molar-refractivity contribution in [2.45, 2.75) is 25.8 Å². The Kier molecular flexibility index (Phi) is 8.41. The topological polar surface area (TPSA) is 63.5 Å². The maximum absolute atomic E-state index is 13.7. The van der Waals surface area contributed by atoms with Gasteiger partial charge in [-0.3, -0.25) is 9.69 Å². The Morgan fingerprint density at radius 3 is 2.53 bits per heavy atom. The van der Waals surface area contributed by atoms with Crippen LogP contribution in [0.5, 0.6) is 5.75 Å². The van der Waals surface area contributed by atoms with E-state index in [-0.39, 0.29) is 23.8 Å². The number of piperazine rings is 1. The lowest BCUT2D eigenvalue weighted by Gasteiger charge is -2.36. The highest BCUT2D eigenvalue weighted by molar-refractivity contribution is 5.85. The first-order valence-electron chi connectivity index (χ1n) is 10.8. The van der Waals surface area contributed by atoms with E-state index in [9.17, 15) is 9.18 Å². The van der Waals surface area contributed by atoms with Crippen LogP contribution in [0.4, 0.5) is 10.1 Å². The average molecular weight is 462 g/mol. The first kappa shape index (κ1) is 23.9. The second kappa shape index (κ2) is 11.2. The molecule has 0 aliphatic carbocycles. The monoisotopic (exact) mass is 461 g/mol. The zero-order valence-corrected chi connectivity index (χ0v) is 19.1. The lowest BCUT2D eigenvalue weighted by atomic mass is 10.2. The van der Waals surface area contributed by atoms with Crippen molar-refractivity contribution >= 4 is 29.0 Å². The number of unbranched alkanes of at least 4 members (excludes halogenated alkanes) is 2. The Labute approximate surface area is 193 Å². The standard InChI is InChI=1S/C23H28FN5O2.ClH/c1-31-22-10-9-18(24)17-21(22)28-15-13-27(14-16-28)11-5-2-6-12-29-23(30)19-7-3-4-8-20(19)25-26-29;/h3-4,7-10,17H,2,5-6,11-16H2,1H3;1H. The number of ether oxygens (including phenoxy) is 1. The summed E-state index contributed by atoms with van der Waals surface area (Å²) in [5, 5.41) is 8.80. The number of halogens is 2. The number of aromatic nitrogens is 3. The summed E-state index contributed by atoms with van der Waals surface area (Å²) in [4.78, 5) is 17.1. The number of methoxy groups -OCH3 is 1. The molecular formula is C23H29ClFN5O2. The number of fused-ring (bicyclic) bond motifs is 1. The van der Waals surface area contributed by atoms with Crippen LogP contribution < -0.4 is 15.2 Å². The van der Waals surface area contributed by atoms with Gasteiger partial charge in [-0.05, 0) is 43.7 Å². The van der Waals surface area contributed by atoms with Crippen LogP contribution >= 0.6 is 12.4 Å². The van der Waals surface area contributed by atoms with Crippen LogP contribution in [0.3, 0.4) is 0 Å². The molecule has 0 unspecified atom stereocenters. The minimum atomic E-state index is -0.242. The third-order valence-electron chi connectivity index (χ3n) is 5.83. The normalized spacial score (nSPS) is 14.4. The second-order valence-corrected chi connectivity index (χ2v) is 7.84. The van der Waals surface area contributed by atoms with E-state index >= 15 is 0 Å². The minimum absolute atomic E-state index is 0. The molecule has 2 aromatic carbocycles. The molecule has 7 nitrogen and oxygen atoms in total. The number of hydrogen-bond acceptors (Lipinski definition) is 6. The minimum Gasteiger partial charge on any atom is -0.495 e. The van der Waals surface area contributed by atoms with Gasteiger partial charge in [0.1, 0.15) is 17.1 Å². The van der Waals surface area contributed by atoms with E-state index in [4.69, 9.17) is 4.74 Å². The molecule has 0 N–H and O–H groups in total. The highest BCUT2D eigenvalue weighted by Crippen LogP contribution is 2.29. The van der Waals surface area contributed by atoms with Crippen LogP contribution in [-0.4, -0.2) is 59.7 Å². The Bertz CT molecular complexity index is 1090. The molecule has 1 fully saturated rings. The SMILES string of the molecule is COc1ccc(F)cc1N1CCN(CCCCCn2nnc3ccccc3c2=O)CC1.Cl. The highest BCUT2D eigenvalue weighted by Gasteiger charge is 2.20. The van der Waals surface area contributed by atoms with E-state index in [1.54, 1.807) is 31.4 Å². The Hall–Kier alpha value is -2.71. The molecule has 0 amide bonds. The quantitative estimate of drug-likeness (QED) is 0.479. The summed E-state index contributed by atoms with van der Waals surface area (Å²) in [6, 6.07) is 12.0. The third-order valence-corrected chi connectivity index (χ3v) is 5.83. The lowest BCUT2D eigenvalue weighted by molar-refractivity contribution is 0.250. The molecule has 172 valence electrons. The molecule has 0 radical (unpaired) electrons. The predicted molar refractivity (Wildman–Crippen MR) is 127 cm³/mol. The van der Waals surface area contributed by atoms with Crippen molar-refractivity contribution in [2.75, 3.05) is 44.7 Å². The number of anilines is 1. The maximum atomic E-state index is 13.7. The Morgan fingerprint density at radius 1 is 1.00 bits per heavy atom. The molecule has 9 heteroatoms. The van der Waals surface area contributed by atoms with Gasteiger partial charge in [0.05, 0.1) is 18.2 Å². The fourth-order valence-electron chi connectivity index (χ4n) is 4.07. The van der Waals surface area contributed by atoms with Crippen LogP contribution in [-0.2, 0) is 6.54 Å². The number of hydrogen-bond donors (Lipinski definition) is 0. The van der Waals surface area contributed by atoms with Gasteiger partial charge in [-0.1, -0.05) is 23.8 Å². The lowest BCUT2D eigenvalue weighted by Crippen LogP contribution is -2.46. The number of aryl methyl sites for hydroxylation is 1. The van der Waals surface area contributed by atoms with Gasteiger partial charge in [-0.25, -0.2) is 9.07 Å². The van der Waals surface area contributed by atoms with E-state index in [1.165, 1.54) is 10.7 Å². The molecule has 3 aromatic rings. The number of benzene rings is 2. The van der Waals surface area contributed by atoms with Crippen molar-refractivity contribution in [1.82, 2.24) is 19.9 Å². The molecule has 1 aliphatic rings. The van der Waals surface area contributed by atoms with Crippen molar-refractivity contribution < 1.29 is 9.13 Å². The van der Waals surface area contributed by atoms with Crippen LogP contribution in [0.15, 0.2) is 47.3 Å². The maximum Gasteiger partial charge on any atom is 0.277 e. The first-order chi connectivity index (χ1) is 15.2. The molecule has 4 rings (SSSR count). The van der Waals surface area contributed by atoms with Gasteiger partial charge in [0, 0.05) is 38.8 Å². The molecule has 0 saturated carbocycles. The molecule has 1 saturated heterocycles. The summed E-state index contributed by atoms with van der Waals surface area (Å²) in [7, 11) is 1.62. The van der Waals surface area contributed by atoms with E-state index in [1.807, 2.05) is 12.1 Å². The molecule has 1 aromatic heterocycles. The number of nitrogens with zero attached hydrogens (tertiary/aromatic N) is 5. The van der Waals surface area contributed by atoms with Crippen LogP contribution in [0.25, 0.3) is 10.9 Å². The van der Waals surface area contributed by atoms with E-state index in [2.05, 4.69) is 20.1 Å². The van der Waals surface area contributed by atoms with Gasteiger partial charge in [-0.15, -0.1) is 17.5 Å². The van der Waals surface area contributed by atoms with Crippen LogP contribution in [0.1, 0.15) is 19.3 Å². The van der Waals surface area contributed by atoms with Gasteiger partial charge in [0.25, 0.3) is 5.56 Å². The van der Waals surface area contributed by atoms with E-state index in [0.29, 0.717) is 23.2 Å². The average Bonchev–Trinajstić information content (AvgIpc) is 2.81. The molecule has 0 bridgehead atoms.